The van der Waals surface area contributed by atoms with Crippen LogP contribution in [-0.2, 0) is 0 Å². The Balaban J connectivity index is 1.67. The first-order valence-electron chi connectivity index (χ1n) is 11.8. The van der Waals surface area contributed by atoms with Crippen molar-refractivity contribution in [2.75, 3.05) is 31.5 Å². The fourth-order valence-electron chi connectivity index (χ4n) is 4.50. The monoisotopic (exact) mass is 507 g/mol. The van der Waals surface area contributed by atoms with Crippen molar-refractivity contribution in [1.29, 1.82) is 0 Å². The molecule has 5 rings (SSSR count). The molecule has 190 valence electrons. The van der Waals surface area contributed by atoms with Crippen molar-refractivity contribution >= 4 is 22.5 Å². The molecule has 1 fully saturated rings. The number of hydrogen-bond acceptors (Lipinski definition) is 5. The molecule has 0 radical (unpaired) electrons. The number of hydrogen-bond donors (Lipinski definition) is 2. The average Bonchev–Trinajstić information content (AvgIpc) is 2.90. The maximum Gasteiger partial charge on any atom is 0.573 e. The smallest absolute Gasteiger partial charge is 0.405 e. The number of benzene rings is 3. The molecule has 0 bridgehead atoms. The van der Waals surface area contributed by atoms with Gasteiger partial charge in [-0.05, 0) is 19.1 Å². The van der Waals surface area contributed by atoms with Gasteiger partial charge in [0.15, 0.2) is 0 Å². The number of urea groups is 1. The second-order valence-corrected chi connectivity index (χ2v) is 8.64. The lowest BCUT2D eigenvalue weighted by atomic mass is 9.96. The number of alkyl halides is 3. The number of amides is 2. The van der Waals surface area contributed by atoms with Crippen LogP contribution in [0.4, 0.5) is 23.7 Å². The minimum absolute atomic E-state index is 0.183. The van der Waals surface area contributed by atoms with Gasteiger partial charge in [-0.15, -0.1) is 23.4 Å². The lowest BCUT2D eigenvalue weighted by Gasteiger charge is -2.28. The Bertz CT molecular complexity index is 1440. The van der Waals surface area contributed by atoms with Crippen molar-refractivity contribution < 1.29 is 22.7 Å². The zero-order chi connectivity index (χ0) is 26.0. The van der Waals surface area contributed by atoms with Gasteiger partial charge in [0.05, 0.1) is 5.69 Å². The van der Waals surface area contributed by atoms with Crippen LogP contribution in [0, 0.1) is 6.92 Å². The van der Waals surface area contributed by atoms with Crippen LogP contribution in [0.5, 0.6) is 5.75 Å². The molecule has 0 spiro atoms. The molecular formula is C27H24F3N5O2. The highest BCUT2D eigenvalue weighted by Crippen LogP contribution is 2.41. The molecule has 0 aliphatic carbocycles. The molecule has 1 aliphatic heterocycles. The normalized spacial score (nSPS) is 14.0. The number of nitrogens with one attached hydrogen (secondary N) is 2. The molecule has 3 aromatic carbocycles. The Kier molecular flexibility index (Phi) is 6.66. The molecule has 0 unspecified atom stereocenters. The van der Waals surface area contributed by atoms with E-state index in [4.69, 9.17) is 0 Å². The van der Waals surface area contributed by atoms with Gasteiger partial charge in [0.1, 0.15) is 17.1 Å². The lowest BCUT2D eigenvalue weighted by Crippen LogP contribution is -2.48. The third-order valence-electron chi connectivity index (χ3n) is 6.26. The minimum Gasteiger partial charge on any atom is -0.405 e. The highest BCUT2D eigenvalue weighted by molar-refractivity contribution is 6.05. The van der Waals surface area contributed by atoms with Gasteiger partial charge >= 0.3 is 12.4 Å². The summed E-state index contributed by atoms with van der Waals surface area (Å²) in [6, 6.07) is 19.2. The van der Waals surface area contributed by atoms with Crippen LogP contribution in [0.15, 0.2) is 66.7 Å². The number of anilines is 1. The highest BCUT2D eigenvalue weighted by atomic mass is 19.4. The number of halogens is 3. The first kappa shape index (κ1) is 24.5. The quantitative estimate of drug-likeness (QED) is 0.376. The molecular weight excluding hydrogens is 483 g/mol. The Morgan fingerprint density at radius 3 is 2.22 bits per heavy atom. The molecule has 1 aromatic heterocycles. The highest BCUT2D eigenvalue weighted by Gasteiger charge is 2.33. The number of nitrogens with zero attached hydrogens (tertiary/aromatic N) is 3. The molecule has 10 heteroatoms. The minimum atomic E-state index is -4.88. The van der Waals surface area contributed by atoms with Crippen molar-refractivity contribution in [2.24, 2.45) is 0 Å². The summed E-state index contributed by atoms with van der Waals surface area (Å²) in [5.41, 5.74) is 2.66. The fraction of sp³-hybridized carbons (Fsp3) is 0.222. The van der Waals surface area contributed by atoms with Crippen LogP contribution < -0.4 is 15.4 Å². The van der Waals surface area contributed by atoms with Gasteiger partial charge in [0.2, 0.25) is 0 Å². The molecule has 2 heterocycles. The van der Waals surface area contributed by atoms with E-state index >= 15 is 0 Å². The van der Waals surface area contributed by atoms with E-state index in [1.54, 1.807) is 4.90 Å². The van der Waals surface area contributed by atoms with E-state index < -0.39 is 6.36 Å². The summed E-state index contributed by atoms with van der Waals surface area (Å²) in [5, 5.41) is 16.5. The molecule has 7 nitrogen and oxygen atoms in total. The predicted octanol–water partition coefficient (Wildman–Crippen LogP) is 5.61. The number of carbonyl (C=O) groups is 1. The maximum atomic E-state index is 13.2. The summed E-state index contributed by atoms with van der Waals surface area (Å²) < 4.78 is 43.8. The van der Waals surface area contributed by atoms with Crippen molar-refractivity contribution in [3.63, 3.8) is 0 Å². The number of fused-ring (bicyclic) bond motifs is 1. The predicted molar refractivity (Wildman–Crippen MR) is 135 cm³/mol. The van der Waals surface area contributed by atoms with Gasteiger partial charge in [-0.25, -0.2) is 4.79 Å². The van der Waals surface area contributed by atoms with E-state index in [-0.39, 0.29) is 17.3 Å². The molecule has 0 atom stereocenters. The van der Waals surface area contributed by atoms with E-state index in [9.17, 15) is 18.0 Å². The SMILES string of the molecule is Cc1c(OC(F)(F)F)ccc(NC(=O)N2CCNCC2)c1-c1nnc(-c2ccccc2)c2ccccc12. The van der Waals surface area contributed by atoms with E-state index in [2.05, 4.69) is 25.6 Å². The van der Waals surface area contributed by atoms with Crippen LogP contribution in [0.1, 0.15) is 5.56 Å². The van der Waals surface area contributed by atoms with Crippen LogP contribution in [-0.4, -0.2) is 53.7 Å². The Labute approximate surface area is 211 Å². The summed E-state index contributed by atoms with van der Waals surface area (Å²) in [6.07, 6.45) is -4.88. The van der Waals surface area contributed by atoms with Gasteiger partial charge < -0.3 is 20.3 Å². The topological polar surface area (TPSA) is 79.4 Å². The molecule has 2 amide bonds. The molecule has 0 saturated carbocycles. The number of carbonyl (C=O) groups excluding carboxylic acids is 1. The number of aromatic nitrogens is 2. The molecule has 37 heavy (non-hydrogen) atoms. The van der Waals surface area contributed by atoms with Gasteiger partial charge in [-0.3, -0.25) is 0 Å². The van der Waals surface area contributed by atoms with Crippen molar-refractivity contribution in [1.82, 2.24) is 20.4 Å². The van der Waals surface area contributed by atoms with Crippen LogP contribution in [0.25, 0.3) is 33.3 Å². The third-order valence-corrected chi connectivity index (χ3v) is 6.26. The summed E-state index contributed by atoms with van der Waals surface area (Å²) in [7, 11) is 0. The second-order valence-electron chi connectivity index (χ2n) is 8.64. The summed E-state index contributed by atoms with van der Waals surface area (Å²) in [5.74, 6) is -0.374. The van der Waals surface area contributed by atoms with Crippen LogP contribution in [0.2, 0.25) is 0 Å². The summed E-state index contributed by atoms with van der Waals surface area (Å²) in [4.78, 5) is 14.7. The first-order chi connectivity index (χ1) is 17.8. The molecule has 1 aliphatic rings. The molecule has 4 aromatic rings. The third kappa shape index (κ3) is 5.19. The Morgan fingerprint density at radius 1 is 0.919 bits per heavy atom. The van der Waals surface area contributed by atoms with E-state index in [1.165, 1.54) is 19.1 Å². The van der Waals surface area contributed by atoms with E-state index in [0.29, 0.717) is 54.2 Å². The zero-order valence-electron chi connectivity index (χ0n) is 20.0. The lowest BCUT2D eigenvalue weighted by molar-refractivity contribution is -0.274. The number of rotatable bonds is 4. The largest absolute Gasteiger partial charge is 0.573 e. The van der Waals surface area contributed by atoms with Crippen molar-refractivity contribution in [3.05, 3.63) is 72.3 Å². The molecule has 1 saturated heterocycles. The van der Waals surface area contributed by atoms with Gasteiger partial charge in [0.25, 0.3) is 0 Å². The Morgan fingerprint density at radius 2 is 1.54 bits per heavy atom. The standard InChI is InChI=1S/C27H24F3N5O2/c1-17-22(37-27(28,29)30)12-11-21(32-26(36)35-15-13-31-14-16-35)23(17)25-20-10-6-5-9-19(20)24(33-34-25)18-7-3-2-4-8-18/h2-12,31H,13-16H2,1H3,(H,32,36). The second kappa shape index (κ2) is 10.1. The van der Waals surface area contributed by atoms with Crippen molar-refractivity contribution in [3.8, 4) is 28.3 Å². The molecule has 2 N–H and O–H groups in total. The maximum absolute atomic E-state index is 13.2. The van der Waals surface area contributed by atoms with E-state index in [0.717, 1.165) is 10.9 Å². The van der Waals surface area contributed by atoms with Crippen LogP contribution in [0.3, 0.4) is 0 Å². The summed E-state index contributed by atoms with van der Waals surface area (Å²) in [6.45, 7) is 3.87. The fourth-order valence-corrected chi connectivity index (χ4v) is 4.50. The first-order valence-corrected chi connectivity index (χ1v) is 11.8. The zero-order valence-corrected chi connectivity index (χ0v) is 20.0. The van der Waals surface area contributed by atoms with Gasteiger partial charge in [0, 0.05) is 53.6 Å². The Hall–Kier alpha value is -4.18. The number of piperazine rings is 1. The average molecular weight is 508 g/mol. The summed E-state index contributed by atoms with van der Waals surface area (Å²) >= 11 is 0. The number of ether oxygens (including phenoxy) is 1. The van der Waals surface area contributed by atoms with Crippen LogP contribution >= 0.6 is 0 Å². The van der Waals surface area contributed by atoms with Gasteiger partial charge in [-0.2, -0.15) is 0 Å². The van der Waals surface area contributed by atoms with Crippen molar-refractivity contribution in [2.45, 2.75) is 13.3 Å². The van der Waals surface area contributed by atoms with E-state index in [1.807, 2.05) is 54.6 Å². The van der Waals surface area contributed by atoms with Gasteiger partial charge in [-0.1, -0.05) is 54.6 Å².